The van der Waals surface area contributed by atoms with Gasteiger partial charge in [0.2, 0.25) is 8.45 Å². The van der Waals surface area contributed by atoms with E-state index in [0.717, 1.165) is 25.4 Å². The van der Waals surface area contributed by atoms with Gasteiger partial charge in [-0.05, 0) is 18.6 Å². The highest BCUT2D eigenvalue weighted by Gasteiger charge is 2.25. The zero-order valence-electron chi connectivity index (χ0n) is 9.02. The lowest BCUT2D eigenvalue weighted by Crippen LogP contribution is -2.17. The molecule has 1 heterocycles. The Balaban J connectivity index is 1.93. The van der Waals surface area contributed by atoms with Gasteiger partial charge in [-0.2, -0.15) is 0 Å². The highest BCUT2D eigenvalue weighted by Crippen LogP contribution is 2.40. The fourth-order valence-electron chi connectivity index (χ4n) is 1.60. The molecule has 1 saturated heterocycles. The van der Waals surface area contributed by atoms with Crippen molar-refractivity contribution in [3.63, 3.8) is 0 Å². The third-order valence-electron chi connectivity index (χ3n) is 2.29. The van der Waals surface area contributed by atoms with E-state index < -0.39 is 8.45 Å². The highest BCUT2D eigenvalue weighted by molar-refractivity contribution is 7.48. The first-order chi connectivity index (χ1) is 7.40. The van der Waals surface area contributed by atoms with Crippen LogP contribution >= 0.6 is 8.45 Å². The smallest absolute Gasteiger partial charge is 0.245 e. The zero-order valence-corrected chi connectivity index (χ0v) is 9.91. The van der Waals surface area contributed by atoms with Crippen molar-refractivity contribution in [1.29, 1.82) is 0 Å². The molecule has 3 nitrogen and oxygen atoms in total. The summed E-state index contributed by atoms with van der Waals surface area (Å²) in [5, 5.41) is 3.41. The van der Waals surface area contributed by atoms with Crippen LogP contribution in [0.1, 0.15) is 13.3 Å². The summed E-state index contributed by atoms with van der Waals surface area (Å²) in [6, 6.07) is 10.0. The molecule has 0 saturated carbocycles. The van der Waals surface area contributed by atoms with E-state index in [1.165, 1.54) is 6.42 Å². The Hall–Kier alpha value is -0.630. The SMILES string of the molecule is CCCN1CCNP1Oc1ccccc1. The fourth-order valence-corrected chi connectivity index (χ4v) is 3.25. The van der Waals surface area contributed by atoms with Gasteiger partial charge in [-0.1, -0.05) is 25.1 Å². The lowest BCUT2D eigenvalue weighted by molar-refractivity contribution is 0.449. The molecule has 1 aromatic rings. The van der Waals surface area contributed by atoms with Crippen molar-refractivity contribution < 1.29 is 4.52 Å². The number of rotatable bonds is 4. The van der Waals surface area contributed by atoms with Gasteiger partial charge in [-0.15, -0.1) is 0 Å². The molecular weight excluding hydrogens is 207 g/mol. The molecule has 2 rings (SSSR count). The number of nitrogens with zero attached hydrogens (tertiary/aromatic N) is 1. The van der Waals surface area contributed by atoms with E-state index in [2.05, 4.69) is 16.7 Å². The van der Waals surface area contributed by atoms with Crippen LogP contribution in [0.3, 0.4) is 0 Å². The van der Waals surface area contributed by atoms with Crippen LogP contribution in [0.25, 0.3) is 0 Å². The molecular formula is C11H17N2OP. The minimum absolute atomic E-state index is 0.607. The van der Waals surface area contributed by atoms with E-state index in [9.17, 15) is 0 Å². The molecule has 1 aliphatic rings. The van der Waals surface area contributed by atoms with Gasteiger partial charge < -0.3 is 4.52 Å². The Morgan fingerprint density at radius 1 is 1.40 bits per heavy atom. The molecule has 0 bridgehead atoms. The summed E-state index contributed by atoms with van der Waals surface area (Å²) in [5.74, 6) is 0.958. The molecule has 0 aromatic heterocycles. The average molecular weight is 224 g/mol. The summed E-state index contributed by atoms with van der Waals surface area (Å²) < 4.78 is 8.31. The Labute approximate surface area is 92.4 Å². The second-order valence-corrected chi connectivity index (χ2v) is 5.15. The van der Waals surface area contributed by atoms with Crippen LogP contribution in [-0.4, -0.2) is 24.3 Å². The molecule has 0 spiro atoms. The Morgan fingerprint density at radius 2 is 2.20 bits per heavy atom. The van der Waals surface area contributed by atoms with Gasteiger partial charge in [0.25, 0.3) is 0 Å². The summed E-state index contributed by atoms with van der Waals surface area (Å²) in [7, 11) is -0.607. The number of hydrogen-bond acceptors (Lipinski definition) is 3. The maximum atomic E-state index is 5.92. The van der Waals surface area contributed by atoms with Crippen LogP contribution in [-0.2, 0) is 0 Å². The van der Waals surface area contributed by atoms with E-state index in [1.54, 1.807) is 0 Å². The maximum absolute atomic E-state index is 5.92. The summed E-state index contributed by atoms with van der Waals surface area (Å²) in [6.45, 7) is 5.46. The largest absolute Gasteiger partial charge is 0.445 e. The van der Waals surface area contributed by atoms with E-state index in [1.807, 2.05) is 30.3 Å². The highest BCUT2D eigenvalue weighted by atomic mass is 31.2. The van der Waals surface area contributed by atoms with Gasteiger partial charge in [0.05, 0.1) is 0 Å². The van der Waals surface area contributed by atoms with Crippen molar-refractivity contribution in [3.05, 3.63) is 30.3 Å². The topological polar surface area (TPSA) is 24.5 Å². The summed E-state index contributed by atoms with van der Waals surface area (Å²) in [5.41, 5.74) is 0. The lowest BCUT2D eigenvalue weighted by Gasteiger charge is -2.22. The first-order valence-electron chi connectivity index (χ1n) is 5.41. The molecule has 0 amide bonds. The predicted molar refractivity (Wildman–Crippen MR) is 63.9 cm³/mol. The molecule has 0 aliphatic carbocycles. The summed E-state index contributed by atoms with van der Waals surface area (Å²) >= 11 is 0. The number of benzene rings is 1. The van der Waals surface area contributed by atoms with Crippen LogP contribution in [0.2, 0.25) is 0 Å². The molecule has 82 valence electrons. The summed E-state index contributed by atoms with van der Waals surface area (Å²) in [4.78, 5) is 0. The Kier molecular flexibility index (Phi) is 3.95. The van der Waals surface area contributed by atoms with Gasteiger partial charge in [0, 0.05) is 19.6 Å². The minimum atomic E-state index is -0.607. The van der Waals surface area contributed by atoms with Crippen molar-refractivity contribution in [2.24, 2.45) is 0 Å². The van der Waals surface area contributed by atoms with Gasteiger partial charge in [0.1, 0.15) is 5.75 Å². The van der Waals surface area contributed by atoms with Crippen LogP contribution in [0.4, 0.5) is 0 Å². The van der Waals surface area contributed by atoms with Crippen LogP contribution in [0.15, 0.2) is 30.3 Å². The first-order valence-corrected chi connectivity index (χ1v) is 6.63. The second-order valence-electron chi connectivity index (χ2n) is 3.54. The molecule has 1 aromatic carbocycles. The Morgan fingerprint density at radius 3 is 2.93 bits per heavy atom. The molecule has 0 radical (unpaired) electrons. The first kappa shape index (κ1) is 10.9. The minimum Gasteiger partial charge on any atom is -0.445 e. The van der Waals surface area contributed by atoms with E-state index in [0.29, 0.717) is 0 Å². The number of nitrogens with one attached hydrogen (secondary N) is 1. The summed E-state index contributed by atoms with van der Waals surface area (Å²) in [6.07, 6.45) is 1.18. The lowest BCUT2D eigenvalue weighted by atomic mass is 10.3. The maximum Gasteiger partial charge on any atom is 0.245 e. The fraction of sp³-hybridized carbons (Fsp3) is 0.455. The van der Waals surface area contributed by atoms with Crippen LogP contribution in [0.5, 0.6) is 5.75 Å². The van der Waals surface area contributed by atoms with Gasteiger partial charge in [-0.25, -0.2) is 9.76 Å². The molecule has 1 unspecified atom stereocenters. The molecule has 4 heteroatoms. The van der Waals surface area contributed by atoms with Crippen molar-refractivity contribution in [2.75, 3.05) is 19.6 Å². The van der Waals surface area contributed by atoms with E-state index in [4.69, 9.17) is 4.52 Å². The van der Waals surface area contributed by atoms with Crippen LogP contribution in [0, 0.1) is 0 Å². The molecule has 15 heavy (non-hydrogen) atoms. The van der Waals surface area contributed by atoms with Gasteiger partial charge >= 0.3 is 0 Å². The van der Waals surface area contributed by atoms with Gasteiger partial charge in [-0.3, -0.25) is 0 Å². The van der Waals surface area contributed by atoms with Crippen molar-refractivity contribution >= 4 is 8.45 Å². The number of para-hydroxylation sites is 1. The Bertz CT molecular complexity index is 294. The van der Waals surface area contributed by atoms with Crippen molar-refractivity contribution in [3.8, 4) is 5.75 Å². The zero-order chi connectivity index (χ0) is 10.5. The number of hydrogen-bond donors (Lipinski definition) is 1. The molecule has 1 aliphatic heterocycles. The van der Waals surface area contributed by atoms with Crippen molar-refractivity contribution in [1.82, 2.24) is 9.76 Å². The third kappa shape index (κ3) is 2.91. The molecule has 1 fully saturated rings. The third-order valence-corrected chi connectivity index (χ3v) is 4.08. The van der Waals surface area contributed by atoms with E-state index in [-0.39, 0.29) is 0 Å². The van der Waals surface area contributed by atoms with Gasteiger partial charge in [0.15, 0.2) is 0 Å². The predicted octanol–water partition coefficient (Wildman–Crippen LogP) is 2.61. The van der Waals surface area contributed by atoms with Crippen LogP contribution < -0.4 is 9.61 Å². The molecule has 1 atom stereocenters. The monoisotopic (exact) mass is 224 g/mol. The second kappa shape index (κ2) is 5.45. The average Bonchev–Trinajstić information content (AvgIpc) is 2.68. The molecule has 1 N–H and O–H groups in total. The van der Waals surface area contributed by atoms with Crippen molar-refractivity contribution in [2.45, 2.75) is 13.3 Å². The van der Waals surface area contributed by atoms with E-state index >= 15 is 0 Å². The standard InChI is InChI=1S/C11H17N2OP/c1-2-9-13-10-8-12-15(13)14-11-6-4-3-5-7-11/h3-7,12H,2,8-10H2,1H3. The normalized spacial score (nSPS) is 21.8. The quantitative estimate of drug-likeness (QED) is 0.795.